The van der Waals surface area contributed by atoms with Gasteiger partial charge in [-0.25, -0.2) is 19.6 Å². The molecule has 4 aliphatic rings. The Bertz CT molecular complexity index is 4580. The van der Waals surface area contributed by atoms with Crippen molar-refractivity contribution >= 4 is 40.9 Å². The summed E-state index contributed by atoms with van der Waals surface area (Å²) < 4.78 is 22.4. The number of anilines is 5. The molecule has 23 nitrogen and oxygen atoms in total. The number of ether oxygens (including phenoxy) is 4. The van der Waals surface area contributed by atoms with Crippen LogP contribution in [0, 0.1) is 30.5 Å². The quantitative estimate of drug-likeness (QED) is 0.0715. The number of hydrogen-bond acceptors (Lipinski definition) is 20. The van der Waals surface area contributed by atoms with Gasteiger partial charge in [-0.1, -0.05) is 83.4 Å². The van der Waals surface area contributed by atoms with Crippen molar-refractivity contribution in [2.45, 2.75) is 232 Å². The van der Waals surface area contributed by atoms with Crippen LogP contribution in [-0.4, -0.2) is 154 Å². The van der Waals surface area contributed by atoms with Crippen LogP contribution in [0.15, 0.2) is 165 Å². The van der Waals surface area contributed by atoms with E-state index in [9.17, 15) is 9.59 Å². The van der Waals surface area contributed by atoms with Gasteiger partial charge in [0, 0.05) is 138 Å². The zero-order valence-corrected chi connectivity index (χ0v) is 78.1. The third kappa shape index (κ3) is 24.2. The summed E-state index contributed by atoms with van der Waals surface area (Å²) in [6.07, 6.45) is 28.0. The second-order valence-corrected chi connectivity index (χ2v) is 34.8. The molecule has 0 unspecified atom stereocenters. The summed E-state index contributed by atoms with van der Waals surface area (Å²) >= 11 is 0. The maximum Gasteiger partial charge on any atom is 3.00 e. The predicted octanol–water partition coefficient (Wildman–Crippen LogP) is 18.6. The number of hydrogen-bond donors (Lipinski definition) is 2. The molecule has 4 fully saturated rings. The van der Waals surface area contributed by atoms with Gasteiger partial charge in [0.1, 0.15) is 34.9 Å². The summed E-state index contributed by atoms with van der Waals surface area (Å²) in [5.41, 5.74) is 7.18. The van der Waals surface area contributed by atoms with Gasteiger partial charge in [-0.3, -0.25) is 9.97 Å². The van der Waals surface area contributed by atoms with E-state index in [0.29, 0.717) is 23.5 Å². The number of piperidine rings is 4. The number of aromatic nitrogens is 10. The van der Waals surface area contributed by atoms with Gasteiger partial charge in [-0.2, -0.15) is 6.07 Å². The molecule has 4 saturated heterocycles. The van der Waals surface area contributed by atoms with Crippen LogP contribution in [0.25, 0.3) is 39.5 Å². The zero-order valence-electron chi connectivity index (χ0n) is 73.3. The van der Waals surface area contributed by atoms with Crippen LogP contribution in [0.4, 0.5) is 29.0 Å². The van der Waals surface area contributed by atoms with Gasteiger partial charge in [0.15, 0.2) is 6.20 Å². The molecule has 25 heteroatoms. The Balaban J connectivity index is 0.000000208. The second-order valence-electron chi connectivity index (χ2n) is 34.8. The molecule has 0 saturated carbocycles. The average Bonchev–Trinajstić information content (AvgIpc) is 0.738. The maximum absolute atomic E-state index is 10.5. The topological polar surface area (TPSA) is 248 Å². The van der Waals surface area contributed by atoms with Crippen molar-refractivity contribution in [3.05, 3.63) is 206 Å². The smallest absolute Gasteiger partial charge is 0.524 e. The van der Waals surface area contributed by atoms with Crippen molar-refractivity contribution in [1.29, 1.82) is 0 Å². The zero-order chi connectivity index (χ0) is 85.3. The molecule has 0 bridgehead atoms. The third-order valence-electron chi connectivity index (χ3n) is 22.0. The van der Waals surface area contributed by atoms with Crippen molar-refractivity contribution < 1.29 is 83.5 Å². The molecule has 10 aromatic rings. The van der Waals surface area contributed by atoms with Crippen molar-refractivity contribution in [2.75, 3.05) is 67.0 Å². The van der Waals surface area contributed by atoms with Crippen LogP contribution in [-0.2, 0) is 40.2 Å². The fourth-order valence-corrected chi connectivity index (χ4v) is 17.0. The number of aromatic carboxylic acids is 2. The van der Waals surface area contributed by atoms with Gasteiger partial charge in [0.2, 0.25) is 0 Å². The Labute approximate surface area is 733 Å². The minimum Gasteiger partial charge on any atom is -0.524 e. The van der Waals surface area contributed by atoms with Crippen molar-refractivity contribution in [3.63, 3.8) is 0 Å². The number of rotatable bonds is 15. The number of methoxy groups -OCH3 is 4. The molecule has 1 radical (unpaired) electrons. The SMILES string of the molecule is CC1(C)CCCC(C)(C)N1c1c[c-]c(-[n+]2[c-]cccc2)c(N2C(C)(C)CCCC2(C)C)n1.CC1(C)CCCC(C)(C)N1c1c[c-]c(-c2ccccn2)c(N2C(C)(C)CCCC2(C)C)n1.CN(C)c1ccnc(C(=O)O)c1.COc1c[c-]c(-c2ccccn2)c(OC)n1.COc1c[c-]c(-c2ccccn2)c(OC)n1.O=C(O)c1ccccn1.[Ir+3].[Ir]. The minimum absolute atomic E-state index is 0. The molecule has 14 heterocycles. The van der Waals surface area contributed by atoms with Crippen LogP contribution < -0.4 is 48.0 Å². The molecule has 0 spiro atoms. The first-order valence-corrected chi connectivity index (χ1v) is 40.0. The Kier molecular flexibility index (Phi) is 33.3. The number of carboxylic acids is 2. The van der Waals surface area contributed by atoms with E-state index < -0.39 is 11.9 Å². The van der Waals surface area contributed by atoms with Crippen LogP contribution in [0.1, 0.15) is 209 Å². The van der Waals surface area contributed by atoms with E-state index in [1.807, 2.05) is 90.4 Å². The van der Waals surface area contributed by atoms with E-state index in [-0.39, 0.29) is 95.9 Å². The summed E-state index contributed by atoms with van der Waals surface area (Å²) in [5.74, 6) is 3.96. The van der Waals surface area contributed by atoms with Crippen LogP contribution >= 0.6 is 0 Å². The Hall–Kier alpha value is -10.1. The second kappa shape index (κ2) is 41.3. The molecule has 4 aliphatic heterocycles. The summed E-state index contributed by atoms with van der Waals surface area (Å²) in [7, 11) is 9.91. The molecule has 14 rings (SSSR count). The van der Waals surface area contributed by atoms with Crippen LogP contribution in [0.5, 0.6) is 23.5 Å². The monoisotopic (exact) mass is 1970 g/mol. The fraction of sp³-hybridized carbons (Fsp3) is 0.447. The Morgan fingerprint density at radius 2 is 0.773 bits per heavy atom. The Morgan fingerprint density at radius 1 is 0.412 bits per heavy atom. The van der Waals surface area contributed by atoms with E-state index in [1.54, 1.807) is 71.2 Å². The first kappa shape index (κ1) is 96.1. The van der Waals surface area contributed by atoms with Crippen molar-refractivity contribution in [1.82, 2.24) is 44.9 Å². The van der Waals surface area contributed by atoms with E-state index >= 15 is 0 Å². The standard InChI is InChI=1S/2C28H41N4.2C12H11N2O2.C8H10N2O2.C6H5NO2.2Ir/c1-25(2)16-11-17-26(3,4)31(25)23-15-14-21(22-13-9-10-20-29-22)24(30-23)32-27(5,6)18-12-19-28(32,7)8;1-25(2)16-12-17-26(3,4)31(25)23-15-14-22(30-20-10-9-11-21-30)24(29-23)32-27(5,6)18-13-19-28(32,7)8;2*1-15-11-7-6-9(12(14-11)16-2)10-5-3-4-8-13-10;1-10(2)6-3-4-9-7(5-6)8(11)12;8-6(9)5-3-1-2-4-7-5;;/h9-10,13,15,20H,11-12,16-19H2,1-8H3;9-11,15,20H,12-13,16-19H2,1-8H3;2*3-5,7-8H,1-2H3;3-5H,1-2H3,(H,11,12);1-4H,(H,8,9);;/q4*-1;;;;+3. The normalized spacial score (nSPS) is 17.1. The molecular weight excluding hydrogens is 1850 g/mol. The summed E-state index contributed by atoms with van der Waals surface area (Å²) in [4.78, 5) is 72.4. The Morgan fingerprint density at radius 3 is 1.12 bits per heavy atom. The first-order chi connectivity index (χ1) is 55.3. The van der Waals surface area contributed by atoms with Crippen LogP contribution in [0.3, 0.4) is 0 Å². The number of nitrogens with zero attached hydrogens (tertiary/aromatic N) is 15. The van der Waals surface area contributed by atoms with Crippen molar-refractivity contribution in [2.24, 2.45) is 0 Å². The van der Waals surface area contributed by atoms with Gasteiger partial charge >= 0.3 is 32.0 Å². The third-order valence-corrected chi connectivity index (χ3v) is 22.0. The number of carboxylic acid groups (broad SMARTS) is 2. The molecule has 0 aromatic carbocycles. The van der Waals surface area contributed by atoms with E-state index in [1.165, 1.54) is 75.9 Å². The predicted molar refractivity (Wildman–Crippen MR) is 463 cm³/mol. The summed E-state index contributed by atoms with van der Waals surface area (Å²) in [6, 6.07) is 52.4. The molecule has 2 N–H and O–H groups in total. The molecule has 0 atom stereocenters. The van der Waals surface area contributed by atoms with Gasteiger partial charge in [-0.15, -0.1) is 36.4 Å². The summed E-state index contributed by atoms with van der Waals surface area (Å²) in [5, 5.41) is 16.9. The van der Waals surface area contributed by atoms with Crippen LogP contribution in [0.2, 0.25) is 0 Å². The van der Waals surface area contributed by atoms with Crippen molar-refractivity contribution in [3.8, 4) is 63.0 Å². The molecular formula is C94H119Ir2N15O8-. The number of carbonyl (C=O) groups is 2. The van der Waals surface area contributed by atoms with E-state index in [4.69, 9.17) is 39.1 Å². The molecule has 0 amide bonds. The van der Waals surface area contributed by atoms with Gasteiger partial charge in [-0.05, 0) is 247 Å². The van der Waals surface area contributed by atoms with E-state index in [0.717, 1.165) is 94.1 Å². The number of pyridine rings is 10. The summed E-state index contributed by atoms with van der Waals surface area (Å²) in [6.45, 7) is 37.8. The first-order valence-electron chi connectivity index (χ1n) is 40.0. The molecule has 0 aliphatic carbocycles. The molecule has 637 valence electrons. The minimum atomic E-state index is -1.00. The maximum atomic E-state index is 10.5. The fourth-order valence-electron chi connectivity index (χ4n) is 17.0. The van der Waals surface area contributed by atoms with Gasteiger partial charge in [0.25, 0.3) is 0 Å². The van der Waals surface area contributed by atoms with Gasteiger partial charge < -0.3 is 83.1 Å². The largest absolute Gasteiger partial charge is 3.00 e. The molecule has 119 heavy (non-hydrogen) atoms. The average molecular weight is 1970 g/mol. The van der Waals surface area contributed by atoms with E-state index in [2.05, 4.69) is 226 Å². The van der Waals surface area contributed by atoms with Gasteiger partial charge in [0.05, 0.1) is 40.3 Å². The molecule has 10 aromatic heterocycles.